The highest BCUT2D eigenvalue weighted by atomic mass is 19.1. The largest absolute Gasteiger partial charge is 0.493 e. The summed E-state index contributed by atoms with van der Waals surface area (Å²) < 4.78 is 18.5. The van der Waals surface area contributed by atoms with Crippen LogP contribution >= 0.6 is 0 Å². The third kappa shape index (κ3) is 4.35. The minimum Gasteiger partial charge on any atom is -0.493 e. The summed E-state index contributed by atoms with van der Waals surface area (Å²) in [5.74, 6) is -0.887. The number of rotatable bonds is 6. The highest BCUT2D eigenvalue weighted by Gasteiger charge is 2.19. The molecular weight excluding hydrogens is 325 g/mol. The Labute approximate surface area is 144 Å². The van der Waals surface area contributed by atoms with Crippen molar-refractivity contribution in [1.29, 1.82) is 0 Å². The van der Waals surface area contributed by atoms with Gasteiger partial charge in [0.1, 0.15) is 11.6 Å². The van der Waals surface area contributed by atoms with Gasteiger partial charge in [0.05, 0.1) is 25.5 Å². The summed E-state index contributed by atoms with van der Waals surface area (Å²) >= 11 is 0. The van der Waals surface area contributed by atoms with Crippen LogP contribution in [0.25, 0.3) is 0 Å². The minimum absolute atomic E-state index is 0.143. The van der Waals surface area contributed by atoms with Gasteiger partial charge in [-0.1, -0.05) is 24.3 Å². The molecule has 130 valence electrons. The smallest absolute Gasteiger partial charge is 0.305 e. The predicted molar refractivity (Wildman–Crippen MR) is 88.9 cm³/mol. The Morgan fingerprint density at radius 3 is 2.68 bits per heavy atom. The molecule has 2 aromatic rings. The second kappa shape index (κ2) is 7.34. The number of benzene rings is 2. The molecule has 3 rings (SSSR count). The Balaban J connectivity index is 1.69. The third-order valence-electron chi connectivity index (χ3n) is 4.10. The van der Waals surface area contributed by atoms with Gasteiger partial charge in [-0.15, -0.1) is 0 Å². The van der Waals surface area contributed by atoms with Crippen molar-refractivity contribution in [2.75, 3.05) is 6.61 Å². The Morgan fingerprint density at radius 2 is 1.96 bits per heavy atom. The summed E-state index contributed by atoms with van der Waals surface area (Å²) in [5.41, 5.74) is 2.47. The summed E-state index contributed by atoms with van der Waals surface area (Å²) in [5, 5.41) is 11.8. The highest BCUT2D eigenvalue weighted by molar-refractivity contribution is 5.80. The molecule has 5 nitrogen and oxygen atoms in total. The summed E-state index contributed by atoms with van der Waals surface area (Å²) in [4.78, 5) is 23.4. The van der Waals surface area contributed by atoms with E-state index < -0.39 is 17.8 Å². The van der Waals surface area contributed by atoms with Crippen molar-refractivity contribution in [3.8, 4) is 5.75 Å². The molecule has 0 fully saturated rings. The monoisotopic (exact) mass is 343 g/mol. The molecule has 1 aliphatic rings. The summed E-state index contributed by atoms with van der Waals surface area (Å²) in [6.45, 7) is 0.649. The van der Waals surface area contributed by atoms with Gasteiger partial charge in [-0.05, 0) is 34.9 Å². The van der Waals surface area contributed by atoms with Crippen LogP contribution in [-0.2, 0) is 22.4 Å². The summed E-state index contributed by atoms with van der Waals surface area (Å²) in [6, 6.07) is 10.4. The Kier molecular flexibility index (Phi) is 4.97. The molecule has 0 aromatic heterocycles. The lowest BCUT2D eigenvalue weighted by Crippen LogP contribution is -2.31. The Morgan fingerprint density at radius 1 is 1.20 bits per heavy atom. The SMILES string of the molecule is O=C(O)CC(NC(=O)Cc1ccc2c(c1)CCO2)c1ccc(F)cc1. The van der Waals surface area contributed by atoms with E-state index >= 15 is 0 Å². The summed E-state index contributed by atoms with van der Waals surface area (Å²) in [6.07, 6.45) is 0.696. The lowest BCUT2D eigenvalue weighted by Gasteiger charge is -2.17. The average molecular weight is 343 g/mol. The fourth-order valence-corrected chi connectivity index (χ4v) is 2.90. The van der Waals surface area contributed by atoms with Crippen LogP contribution in [0.3, 0.4) is 0 Å². The van der Waals surface area contributed by atoms with Gasteiger partial charge in [0, 0.05) is 6.42 Å². The highest BCUT2D eigenvalue weighted by Crippen LogP contribution is 2.26. The normalized spacial score (nSPS) is 13.6. The first-order valence-electron chi connectivity index (χ1n) is 8.02. The van der Waals surface area contributed by atoms with Crippen molar-refractivity contribution in [2.24, 2.45) is 0 Å². The zero-order chi connectivity index (χ0) is 17.8. The van der Waals surface area contributed by atoms with E-state index in [1.54, 1.807) is 0 Å². The van der Waals surface area contributed by atoms with Crippen molar-refractivity contribution in [2.45, 2.75) is 25.3 Å². The number of nitrogens with one attached hydrogen (secondary N) is 1. The summed E-state index contributed by atoms with van der Waals surface area (Å²) in [7, 11) is 0. The van der Waals surface area contributed by atoms with Gasteiger partial charge in [0.15, 0.2) is 0 Å². The van der Waals surface area contributed by atoms with Crippen LogP contribution in [0.15, 0.2) is 42.5 Å². The van der Waals surface area contributed by atoms with Crippen LogP contribution in [0.2, 0.25) is 0 Å². The fraction of sp³-hybridized carbons (Fsp3) is 0.263. The topological polar surface area (TPSA) is 75.6 Å². The Hall–Kier alpha value is -2.89. The minimum atomic E-state index is -1.04. The van der Waals surface area contributed by atoms with E-state index in [2.05, 4.69) is 5.32 Å². The van der Waals surface area contributed by atoms with Crippen LogP contribution in [-0.4, -0.2) is 23.6 Å². The van der Waals surface area contributed by atoms with E-state index in [0.717, 1.165) is 23.3 Å². The van der Waals surface area contributed by atoms with Crippen molar-refractivity contribution in [1.82, 2.24) is 5.32 Å². The van der Waals surface area contributed by atoms with Crippen molar-refractivity contribution >= 4 is 11.9 Å². The average Bonchev–Trinajstić information content (AvgIpc) is 3.02. The van der Waals surface area contributed by atoms with Crippen LogP contribution in [0.1, 0.15) is 29.2 Å². The molecule has 1 heterocycles. The number of carbonyl (C=O) groups is 2. The van der Waals surface area contributed by atoms with Crippen molar-refractivity contribution in [3.05, 3.63) is 65.0 Å². The number of hydrogen-bond donors (Lipinski definition) is 2. The third-order valence-corrected chi connectivity index (χ3v) is 4.10. The van der Waals surface area contributed by atoms with E-state index in [4.69, 9.17) is 9.84 Å². The molecule has 2 N–H and O–H groups in total. The lowest BCUT2D eigenvalue weighted by atomic mass is 10.0. The molecule has 0 spiro atoms. The number of aliphatic carboxylic acids is 1. The molecular formula is C19H18FNO4. The van der Waals surface area contributed by atoms with Crippen molar-refractivity contribution < 1.29 is 23.8 Å². The number of carbonyl (C=O) groups excluding carboxylic acids is 1. The molecule has 0 bridgehead atoms. The van der Waals surface area contributed by atoms with Crippen LogP contribution in [0.5, 0.6) is 5.75 Å². The molecule has 0 saturated heterocycles. The maximum absolute atomic E-state index is 13.1. The number of carboxylic acid groups (broad SMARTS) is 1. The molecule has 25 heavy (non-hydrogen) atoms. The lowest BCUT2D eigenvalue weighted by molar-refractivity contribution is -0.137. The predicted octanol–water partition coefficient (Wildman–Crippen LogP) is 2.64. The molecule has 1 aliphatic heterocycles. The van der Waals surface area contributed by atoms with Gasteiger partial charge in [-0.2, -0.15) is 0 Å². The first kappa shape index (κ1) is 17.0. The van der Waals surface area contributed by atoms with E-state index in [1.807, 2.05) is 18.2 Å². The number of fused-ring (bicyclic) bond motifs is 1. The number of ether oxygens (including phenoxy) is 1. The maximum atomic E-state index is 13.1. The van der Waals surface area contributed by atoms with Gasteiger partial charge >= 0.3 is 5.97 Å². The molecule has 1 unspecified atom stereocenters. The molecule has 0 saturated carbocycles. The molecule has 0 radical (unpaired) electrons. The quantitative estimate of drug-likeness (QED) is 0.845. The molecule has 0 aliphatic carbocycles. The number of carboxylic acids is 1. The molecule has 6 heteroatoms. The zero-order valence-electron chi connectivity index (χ0n) is 13.5. The zero-order valence-corrected chi connectivity index (χ0v) is 13.5. The fourth-order valence-electron chi connectivity index (χ4n) is 2.90. The van der Waals surface area contributed by atoms with Crippen LogP contribution in [0, 0.1) is 5.82 Å². The van der Waals surface area contributed by atoms with Crippen LogP contribution in [0.4, 0.5) is 4.39 Å². The second-order valence-electron chi connectivity index (χ2n) is 5.99. The van der Waals surface area contributed by atoms with E-state index in [0.29, 0.717) is 12.2 Å². The first-order valence-corrected chi connectivity index (χ1v) is 8.02. The number of halogens is 1. The van der Waals surface area contributed by atoms with E-state index in [1.165, 1.54) is 24.3 Å². The standard InChI is InChI=1S/C19H18FNO4/c20-15-4-2-13(3-5-15)16(11-19(23)24)21-18(22)10-12-1-6-17-14(9-12)7-8-25-17/h1-6,9,16H,7-8,10-11H2,(H,21,22)(H,23,24). The van der Waals surface area contributed by atoms with Gasteiger partial charge in [0.25, 0.3) is 0 Å². The Bertz CT molecular complexity index is 789. The number of amides is 1. The van der Waals surface area contributed by atoms with Gasteiger partial charge in [-0.25, -0.2) is 4.39 Å². The maximum Gasteiger partial charge on any atom is 0.305 e. The van der Waals surface area contributed by atoms with Gasteiger partial charge in [0.2, 0.25) is 5.91 Å². The van der Waals surface area contributed by atoms with Crippen LogP contribution < -0.4 is 10.1 Å². The van der Waals surface area contributed by atoms with E-state index in [-0.39, 0.29) is 18.7 Å². The number of hydrogen-bond acceptors (Lipinski definition) is 3. The molecule has 2 aromatic carbocycles. The van der Waals surface area contributed by atoms with Gasteiger partial charge in [-0.3, -0.25) is 9.59 Å². The van der Waals surface area contributed by atoms with Crippen molar-refractivity contribution in [3.63, 3.8) is 0 Å². The van der Waals surface area contributed by atoms with Gasteiger partial charge < -0.3 is 15.2 Å². The van der Waals surface area contributed by atoms with E-state index in [9.17, 15) is 14.0 Å². The molecule has 1 atom stereocenters. The first-order chi connectivity index (χ1) is 12.0. The molecule has 1 amide bonds. The second-order valence-corrected chi connectivity index (χ2v) is 5.99.